The molecule has 9 heteroatoms. The van der Waals surface area contributed by atoms with Gasteiger partial charge >= 0.3 is 5.97 Å². The minimum Gasteiger partial charge on any atom is -0.465 e. The molecule has 0 saturated carbocycles. The molecule has 0 aromatic heterocycles. The summed E-state index contributed by atoms with van der Waals surface area (Å²) in [5, 5.41) is 2.61. The highest BCUT2D eigenvalue weighted by Crippen LogP contribution is 2.29. The van der Waals surface area contributed by atoms with Gasteiger partial charge in [-0.25, -0.2) is 17.5 Å². The molecule has 0 bridgehead atoms. The van der Waals surface area contributed by atoms with E-state index in [1.54, 1.807) is 25.1 Å². The molecule has 146 valence electrons. The van der Waals surface area contributed by atoms with Crippen molar-refractivity contribution < 1.29 is 27.5 Å². The van der Waals surface area contributed by atoms with Crippen molar-refractivity contribution in [3.8, 4) is 0 Å². The first kappa shape index (κ1) is 19.6. The van der Waals surface area contributed by atoms with E-state index < -0.39 is 33.7 Å². The first-order chi connectivity index (χ1) is 13.2. The van der Waals surface area contributed by atoms with Crippen LogP contribution in [0.1, 0.15) is 27.6 Å². The molecule has 1 heterocycles. The van der Waals surface area contributed by atoms with Crippen LogP contribution in [0.15, 0.2) is 48.5 Å². The van der Waals surface area contributed by atoms with Crippen molar-refractivity contribution in [1.82, 2.24) is 0 Å². The van der Waals surface area contributed by atoms with Gasteiger partial charge in [-0.2, -0.15) is 0 Å². The lowest BCUT2D eigenvalue weighted by Gasteiger charge is -2.16. The zero-order valence-electron chi connectivity index (χ0n) is 15.2. The first-order valence-corrected chi connectivity index (χ1v) is 10.0. The van der Waals surface area contributed by atoms with Gasteiger partial charge in [0.2, 0.25) is 15.9 Å². The molecule has 3 rings (SSSR count). The monoisotopic (exact) mass is 402 g/mol. The minimum absolute atomic E-state index is 0.100. The Bertz CT molecular complexity index is 1060. The highest BCUT2D eigenvalue weighted by atomic mass is 32.2. The Balaban J connectivity index is 1.91. The van der Waals surface area contributed by atoms with Crippen molar-refractivity contribution in [2.45, 2.75) is 6.92 Å². The fraction of sp³-hybridized carbons (Fsp3) is 0.211. The van der Waals surface area contributed by atoms with E-state index in [4.69, 9.17) is 4.74 Å². The second-order valence-corrected chi connectivity index (χ2v) is 8.19. The summed E-state index contributed by atoms with van der Waals surface area (Å²) >= 11 is 0. The van der Waals surface area contributed by atoms with E-state index in [1.807, 2.05) is 0 Å². The van der Waals surface area contributed by atoms with Gasteiger partial charge in [0.25, 0.3) is 5.91 Å². The van der Waals surface area contributed by atoms with Crippen molar-refractivity contribution in [3.63, 3.8) is 0 Å². The Morgan fingerprint density at radius 1 is 1.14 bits per heavy atom. The number of ether oxygens (including phenoxy) is 1. The third-order valence-corrected chi connectivity index (χ3v) is 6.15. The maximum absolute atomic E-state index is 12.6. The van der Waals surface area contributed by atoms with Gasteiger partial charge in [0, 0.05) is 5.56 Å². The summed E-state index contributed by atoms with van der Waals surface area (Å²) in [7, 11) is -2.54. The molecule has 0 aliphatic carbocycles. The number of para-hydroxylation sites is 1. The number of esters is 1. The number of nitrogens with one attached hydrogen (secondary N) is 1. The Labute approximate surface area is 162 Å². The van der Waals surface area contributed by atoms with E-state index in [9.17, 15) is 22.8 Å². The third-order valence-electron chi connectivity index (χ3n) is 4.28. The summed E-state index contributed by atoms with van der Waals surface area (Å²) < 4.78 is 29.9. The smallest absolute Gasteiger partial charge is 0.339 e. The van der Waals surface area contributed by atoms with E-state index in [-0.39, 0.29) is 28.3 Å². The van der Waals surface area contributed by atoms with Crippen LogP contribution >= 0.6 is 0 Å². The van der Waals surface area contributed by atoms with Crippen LogP contribution in [0.25, 0.3) is 0 Å². The molecule has 1 saturated heterocycles. The van der Waals surface area contributed by atoms with Gasteiger partial charge in [0.15, 0.2) is 0 Å². The van der Waals surface area contributed by atoms with E-state index in [0.29, 0.717) is 0 Å². The molecule has 2 amide bonds. The van der Waals surface area contributed by atoms with Gasteiger partial charge < -0.3 is 10.1 Å². The van der Waals surface area contributed by atoms with Crippen molar-refractivity contribution in [3.05, 3.63) is 59.7 Å². The van der Waals surface area contributed by atoms with Gasteiger partial charge in [-0.15, -0.1) is 0 Å². The molecule has 0 radical (unpaired) electrons. The first-order valence-electron chi connectivity index (χ1n) is 8.40. The minimum atomic E-state index is -3.77. The molecule has 1 fully saturated rings. The van der Waals surface area contributed by atoms with Gasteiger partial charge in [0.05, 0.1) is 35.7 Å². The van der Waals surface area contributed by atoms with E-state index in [1.165, 1.54) is 37.4 Å². The fourth-order valence-electron chi connectivity index (χ4n) is 2.93. The van der Waals surface area contributed by atoms with Crippen LogP contribution in [0, 0.1) is 5.92 Å². The molecule has 1 aliphatic rings. The number of hydrogen-bond acceptors (Lipinski definition) is 6. The third kappa shape index (κ3) is 3.61. The topological polar surface area (TPSA) is 110 Å². The van der Waals surface area contributed by atoms with E-state index in [2.05, 4.69) is 5.32 Å². The Hall–Kier alpha value is -3.20. The average molecular weight is 402 g/mol. The van der Waals surface area contributed by atoms with Gasteiger partial charge in [-0.1, -0.05) is 25.1 Å². The maximum atomic E-state index is 12.6. The van der Waals surface area contributed by atoms with Crippen molar-refractivity contribution in [1.29, 1.82) is 0 Å². The van der Waals surface area contributed by atoms with Gasteiger partial charge in [0.1, 0.15) is 0 Å². The second-order valence-electron chi connectivity index (χ2n) is 6.32. The normalized spacial score (nSPS) is 18.0. The molecule has 1 unspecified atom stereocenters. The maximum Gasteiger partial charge on any atom is 0.339 e. The molecule has 1 N–H and O–H groups in total. The number of amides is 2. The zero-order chi connectivity index (χ0) is 20.5. The highest BCUT2D eigenvalue weighted by molar-refractivity contribution is 7.94. The lowest BCUT2D eigenvalue weighted by atomic mass is 10.1. The Morgan fingerprint density at radius 3 is 2.50 bits per heavy atom. The fourth-order valence-corrected chi connectivity index (χ4v) is 4.75. The largest absolute Gasteiger partial charge is 0.465 e. The highest BCUT2D eigenvalue weighted by Gasteiger charge is 2.42. The summed E-state index contributed by atoms with van der Waals surface area (Å²) in [6.07, 6.45) is 0. The molecule has 8 nitrogen and oxygen atoms in total. The van der Waals surface area contributed by atoms with Crippen LogP contribution in [0.4, 0.5) is 11.4 Å². The van der Waals surface area contributed by atoms with Crippen molar-refractivity contribution in [2.24, 2.45) is 5.92 Å². The van der Waals surface area contributed by atoms with Crippen LogP contribution in [0.2, 0.25) is 0 Å². The molecule has 1 atom stereocenters. The van der Waals surface area contributed by atoms with Crippen LogP contribution in [0.3, 0.4) is 0 Å². The summed E-state index contributed by atoms with van der Waals surface area (Å²) in [5.74, 6) is -2.61. The molecule has 2 aromatic carbocycles. The average Bonchev–Trinajstić information content (AvgIpc) is 2.88. The molecule has 28 heavy (non-hydrogen) atoms. The predicted octanol–water partition coefficient (Wildman–Crippen LogP) is 2.04. The van der Waals surface area contributed by atoms with E-state index in [0.717, 1.165) is 4.31 Å². The van der Waals surface area contributed by atoms with Crippen LogP contribution in [0.5, 0.6) is 0 Å². The predicted molar refractivity (Wildman–Crippen MR) is 103 cm³/mol. The second kappa shape index (κ2) is 7.43. The molecule has 0 spiro atoms. The number of hydrogen-bond donors (Lipinski definition) is 1. The number of sulfonamides is 1. The molecular formula is C19H18N2O6S. The van der Waals surface area contributed by atoms with E-state index >= 15 is 0 Å². The number of benzene rings is 2. The summed E-state index contributed by atoms with van der Waals surface area (Å²) in [5.41, 5.74) is 0.673. The summed E-state index contributed by atoms with van der Waals surface area (Å²) in [4.78, 5) is 36.7. The summed E-state index contributed by atoms with van der Waals surface area (Å²) in [6.45, 7) is 1.54. The number of rotatable bonds is 4. The van der Waals surface area contributed by atoms with Crippen LogP contribution in [-0.2, 0) is 19.6 Å². The van der Waals surface area contributed by atoms with Gasteiger partial charge in [-0.3, -0.25) is 9.59 Å². The van der Waals surface area contributed by atoms with Gasteiger partial charge in [-0.05, 0) is 30.3 Å². The molecular weight excluding hydrogens is 384 g/mol. The number of carbonyl (C=O) groups excluding carboxylic acids is 3. The lowest BCUT2D eigenvalue weighted by Crippen LogP contribution is -2.30. The standard InChI is InChI=1S/C19H18N2O6S/c1-12-11-28(25,26)21(18(12)23)14-7-5-6-13(10-14)17(22)20-16-9-4-3-8-15(16)19(24)27-2/h3-10,12H,11H2,1-2H3,(H,20,22). The number of methoxy groups -OCH3 is 1. The molecule has 1 aliphatic heterocycles. The van der Waals surface area contributed by atoms with Crippen LogP contribution in [-0.4, -0.2) is 39.1 Å². The zero-order valence-corrected chi connectivity index (χ0v) is 16.0. The SMILES string of the molecule is COC(=O)c1ccccc1NC(=O)c1cccc(N2C(=O)C(C)CS2(=O)=O)c1. The van der Waals surface area contributed by atoms with Crippen molar-refractivity contribution in [2.75, 3.05) is 22.5 Å². The molecule has 2 aromatic rings. The Morgan fingerprint density at radius 2 is 1.86 bits per heavy atom. The summed E-state index contributed by atoms with van der Waals surface area (Å²) in [6, 6.07) is 12.1. The quantitative estimate of drug-likeness (QED) is 0.784. The number of carbonyl (C=O) groups is 3. The number of anilines is 2. The number of nitrogens with zero attached hydrogens (tertiary/aromatic N) is 1. The lowest BCUT2D eigenvalue weighted by molar-refractivity contribution is -0.119. The Kier molecular flexibility index (Phi) is 5.19. The van der Waals surface area contributed by atoms with Crippen LogP contribution < -0.4 is 9.62 Å². The van der Waals surface area contributed by atoms with Crippen molar-refractivity contribution >= 4 is 39.2 Å².